The van der Waals surface area contributed by atoms with E-state index in [0.717, 1.165) is 17.4 Å². The zero-order chi connectivity index (χ0) is 17.5. The van der Waals surface area contributed by atoms with Crippen LogP contribution in [0, 0.1) is 10.8 Å². The number of rotatable bonds is 6. The van der Waals surface area contributed by atoms with E-state index in [1.165, 1.54) is 16.2 Å². The number of nitrogens with zero attached hydrogens (tertiary/aromatic N) is 3. The van der Waals surface area contributed by atoms with E-state index in [2.05, 4.69) is 0 Å². The van der Waals surface area contributed by atoms with E-state index >= 15 is 0 Å². The summed E-state index contributed by atoms with van der Waals surface area (Å²) in [4.78, 5) is 37.8. The third-order valence-electron chi connectivity index (χ3n) is 5.62. The third kappa shape index (κ3) is 2.57. The van der Waals surface area contributed by atoms with Crippen LogP contribution in [-0.2, 0) is 29.6 Å². The number of hydrogen-bond donors (Lipinski definition) is 0. The van der Waals surface area contributed by atoms with Crippen LogP contribution in [0.2, 0.25) is 0 Å². The summed E-state index contributed by atoms with van der Waals surface area (Å²) in [6, 6.07) is 0. The molecule has 2 fully saturated rings. The minimum absolute atomic E-state index is 0.194. The molecule has 0 amide bonds. The summed E-state index contributed by atoms with van der Waals surface area (Å²) in [6.07, 6.45) is 1.63. The van der Waals surface area contributed by atoms with Gasteiger partial charge in [-0.15, -0.1) is 0 Å². The highest BCUT2D eigenvalue weighted by molar-refractivity contribution is 4.90. The molecule has 0 unspecified atom stereocenters. The van der Waals surface area contributed by atoms with Crippen LogP contribution >= 0.6 is 0 Å². The normalized spacial score (nSPS) is 21.1. The van der Waals surface area contributed by atoms with Crippen molar-refractivity contribution >= 4 is 0 Å². The maximum atomic E-state index is 12.9. The molecule has 0 aromatic carbocycles. The Balaban J connectivity index is 2.05. The van der Waals surface area contributed by atoms with Crippen LogP contribution in [0.1, 0.15) is 26.7 Å². The summed E-state index contributed by atoms with van der Waals surface area (Å²) in [5.74, 6) is 0. The van der Waals surface area contributed by atoms with Gasteiger partial charge in [0.15, 0.2) is 0 Å². The summed E-state index contributed by atoms with van der Waals surface area (Å²) in [5, 5.41) is 0. The van der Waals surface area contributed by atoms with Crippen molar-refractivity contribution in [3.63, 3.8) is 0 Å². The van der Waals surface area contributed by atoms with Crippen molar-refractivity contribution in [2.24, 2.45) is 17.9 Å². The average Bonchev–Trinajstić information content (AvgIpc) is 2.51. The minimum atomic E-state index is -0.559. The predicted octanol–water partition coefficient (Wildman–Crippen LogP) is -0.438. The van der Waals surface area contributed by atoms with Gasteiger partial charge in [-0.05, 0) is 12.8 Å². The molecule has 2 aliphatic rings. The molecular formula is C16H25N3O5. The maximum absolute atomic E-state index is 12.9. The average molecular weight is 339 g/mol. The predicted molar refractivity (Wildman–Crippen MR) is 87.3 cm³/mol. The zero-order valence-electron chi connectivity index (χ0n) is 14.5. The van der Waals surface area contributed by atoms with Gasteiger partial charge in [-0.3, -0.25) is 0 Å². The van der Waals surface area contributed by atoms with Gasteiger partial charge in [0, 0.05) is 31.0 Å². The second-order valence-electron chi connectivity index (χ2n) is 7.27. The van der Waals surface area contributed by atoms with E-state index in [9.17, 15) is 14.4 Å². The number of ether oxygens (including phenoxy) is 2. The fraction of sp³-hybridized carbons (Fsp3) is 0.812. The molecule has 1 aromatic rings. The van der Waals surface area contributed by atoms with E-state index in [-0.39, 0.29) is 23.9 Å². The summed E-state index contributed by atoms with van der Waals surface area (Å²) in [5.41, 5.74) is -2.03. The lowest BCUT2D eigenvalue weighted by molar-refractivity contribution is -0.128. The monoisotopic (exact) mass is 339 g/mol. The fourth-order valence-corrected chi connectivity index (χ4v) is 3.29. The molecule has 0 aliphatic carbocycles. The molecule has 8 nitrogen and oxygen atoms in total. The first kappa shape index (κ1) is 17.2. The molecule has 0 saturated carbocycles. The Hall–Kier alpha value is -1.67. The van der Waals surface area contributed by atoms with Gasteiger partial charge in [-0.25, -0.2) is 28.1 Å². The van der Waals surface area contributed by atoms with E-state index in [4.69, 9.17) is 9.47 Å². The maximum Gasteiger partial charge on any atom is 0.336 e. The standard InChI is InChI=1S/C16H25N3O5/c1-4-15(8-23-9-15)6-18-12(20)17(3)13(21)19(14(18)22)7-16(5-2)10-24-11-16/h4-11H2,1-3H3. The van der Waals surface area contributed by atoms with Gasteiger partial charge in [0.25, 0.3) is 0 Å². The van der Waals surface area contributed by atoms with Crippen LogP contribution in [0.3, 0.4) is 0 Å². The lowest BCUT2D eigenvalue weighted by atomic mass is 9.83. The largest absolute Gasteiger partial charge is 0.380 e. The highest BCUT2D eigenvalue weighted by atomic mass is 16.5. The Kier molecular flexibility index (Phi) is 4.29. The number of aromatic nitrogens is 3. The van der Waals surface area contributed by atoms with Gasteiger partial charge in [0.2, 0.25) is 0 Å². The van der Waals surface area contributed by atoms with Gasteiger partial charge >= 0.3 is 17.1 Å². The summed E-state index contributed by atoms with van der Waals surface area (Å²) in [7, 11) is 1.42. The smallest absolute Gasteiger partial charge is 0.336 e. The molecule has 0 atom stereocenters. The lowest BCUT2D eigenvalue weighted by Gasteiger charge is -2.42. The van der Waals surface area contributed by atoms with Crippen LogP contribution in [0.5, 0.6) is 0 Å². The fourth-order valence-electron chi connectivity index (χ4n) is 3.29. The van der Waals surface area contributed by atoms with Crippen LogP contribution < -0.4 is 17.1 Å². The zero-order valence-corrected chi connectivity index (χ0v) is 14.5. The molecule has 0 bridgehead atoms. The molecule has 2 aliphatic heterocycles. The van der Waals surface area contributed by atoms with E-state index in [1.807, 2.05) is 13.8 Å². The summed E-state index contributed by atoms with van der Waals surface area (Å²) in [6.45, 7) is 6.74. The van der Waals surface area contributed by atoms with E-state index < -0.39 is 17.1 Å². The molecule has 134 valence electrons. The topological polar surface area (TPSA) is 84.5 Å². The Bertz CT molecular complexity index is 722. The molecule has 24 heavy (non-hydrogen) atoms. The molecule has 1 aromatic heterocycles. The summed E-state index contributed by atoms with van der Waals surface area (Å²) < 4.78 is 14.0. The van der Waals surface area contributed by atoms with Crippen molar-refractivity contribution in [1.82, 2.24) is 13.7 Å². The molecule has 8 heteroatoms. The van der Waals surface area contributed by atoms with E-state index in [1.54, 1.807) is 0 Å². The van der Waals surface area contributed by atoms with Crippen LogP contribution in [0.4, 0.5) is 0 Å². The quantitative estimate of drug-likeness (QED) is 0.702. The van der Waals surface area contributed by atoms with Gasteiger partial charge in [-0.2, -0.15) is 0 Å². The Labute approximate surface area is 139 Å². The first-order chi connectivity index (χ1) is 11.4. The minimum Gasteiger partial charge on any atom is -0.380 e. The summed E-state index contributed by atoms with van der Waals surface area (Å²) >= 11 is 0. The highest BCUT2D eigenvalue weighted by Crippen LogP contribution is 2.33. The van der Waals surface area contributed by atoms with E-state index in [0.29, 0.717) is 26.4 Å². The first-order valence-corrected chi connectivity index (χ1v) is 8.43. The lowest BCUT2D eigenvalue weighted by Crippen LogP contribution is -2.59. The van der Waals surface area contributed by atoms with Crippen LogP contribution in [-0.4, -0.2) is 40.1 Å². The molecule has 0 radical (unpaired) electrons. The second-order valence-corrected chi connectivity index (χ2v) is 7.27. The molecular weight excluding hydrogens is 314 g/mol. The number of hydrogen-bond acceptors (Lipinski definition) is 5. The van der Waals surface area contributed by atoms with Crippen LogP contribution in [0.25, 0.3) is 0 Å². The Morgan fingerprint density at radius 3 is 1.42 bits per heavy atom. The van der Waals surface area contributed by atoms with Gasteiger partial charge < -0.3 is 9.47 Å². The van der Waals surface area contributed by atoms with Gasteiger partial charge in [0.05, 0.1) is 26.4 Å². The first-order valence-electron chi connectivity index (χ1n) is 8.43. The highest BCUT2D eigenvalue weighted by Gasteiger charge is 2.40. The van der Waals surface area contributed by atoms with Crippen molar-refractivity contribution in [1.29, 1.82) is 0 Å². The molecule has 2 saturated heterocycles. The molecule has 3 heterocycles. The SMILES string of the molecule is CCC1(Cn2c(=O)n(C)c(=O)n(CC3(CC)COC3)c2=O)COC1. The van der Waals surface area contributed by atoms with Crippen molar-refractivity contribution in [2.75, 3.05) is 26.4 Å². The van der Waals surface area contributed by atoms with Crippen molar-refractivity contribution in [3.8, 4) is 0 Å². The van der Waals surface area contributed by atoms with Gasteiger partial charge in [-0.1, -0.05) is 13.8 Å². The molecule has 0 N–H and O–H groups in total. The second kappa shape index (κ2) is 6.00. The van der Waals surface area contributed by atoms with Crippen molar-refractivity contribution in [3.05, 3.63) is 31.5 Å². The van der Waals surface area contributed by atoms with Crippen molar-refractivity contribution in [2.45, 2.75) is 39.8 Å². The van der Waals surface area contributed by atoms with Crippen molar-refractivity contribution < 1.29 is 9.47 Å². The molecule has 3 rings (SSSR count). The third-order valence-corrected chi connectivity index (χ3v) is 5.62. The Morgan fingerprint density at radius 2 is 1.17 bits per heavy atom. The van der Waals surface area contributed by atoms with Gasteiger partial charge in [0.1, 0.15) is 0 Å². The Morgan fingerprint density at radius 1 is 0.792 bits per heavy atom. The van der Waals surface area contributed by atoms with Crippen LogP contribution in [0.15, 0.2) is 14.4 Å². The molecule has 0 spiro atoms.